The number of halogens is 2. The van der Waals surface area contributed by atoms with Crippen molar-refractivity contribution in [3.8, 4) is 0 Å². The molecule has 1 N–H and O–H groups in total. The Bertz CT molecular complexity index is 319. The second-order valence-electron chi connectivity index (χ2n) is 3.41. The van der Waals surface area contributed by atoms with E-state index in [2.05, 4.69) is 5.32 Å². The normalized spacial score (nSPS) is 12.8. The molecular weight excluding hydrogens is 217 g/mol. The van der Waals surface area contributed by atoms with Gasteiger partial charge in [0.05, 0.1) is 6.10 Å². The fraction of sp³-hybridized carbons (Fsp3) is 0.455. The molecule has 15 heavy (non-hydrogen) atoms. The molecule has 1 aromatic rings. The van der Waals surface area contributed by atoms with Gasteiger partial charge >= 0.3 is 0 Å². The summed E-state index contributed by atoms with van der Waals surface area (Å²) in [6, 6.07) is 4.54. The van der Waals surface area contributed by atoms with Gasteiger partial charge in [0.1, 0.15) is 5.82 Å². The summed E-state index contributed by atoms with van der Waals surface area (Å²) in [5, 5.41) is 3.65. The standard InChI is InChI=1S/C11H15ClFNO/c1-8(15-2)6-14-7-9-5-10(12)3-4-11(9)13/h3-5,8,14H,6-7H2,1-2H3. The highest BCUT2D eigenvalue weighted by atomic mass is 35.5. The molecule has 1 rings (SSSR count). The number of nitrogens with one attached hydrogen (secondary N) is 1. The fourth-order valence-corrected chi connectivity index (χ4v) is 1.37. The molecule has 0 fully saturated rings. The second-order valence-corrected chi connectivity index (χ2v) is 3.85. The molecule has 0 bridgehead atoms. The summed E-state index contributed by atoms with van der Waals surface area (Å²) in [5.74, 6) is -0.239. The number of ether oxygens (including phenoxy) is 1. The van der Waals surface area contributed by atoms with Crippen molar-refractivity contribution in [3.05, 3.63) is 34.6 Å². The van der Waals surface area contributed by atoms with E-state index in [4.69, 9.17) is 16.3 Å². The Morgan fingerprint density at radius 3 is 2.93 bits per heavy atom. The zero-order valence-corrected chi connectivity index (χ0v) is 9.64. The number of hydrogen-bond donors (Lipinski definition) is 1. The number of hydrogen-bond acceptors (Lipinski definition) is 2. The molecule has 0 aliphatic heterocycles. The topological polar surface area (TPSA) is 21.3 Å². The van der Waals surface area contributed by atoms with Crippen LogP contribution < -0.4 is 5.32 Å². The number of methoxy groups -OCH3 is 1. The van der Waals surface area contributed by atoms with Crippen molar-refractivity contribution in [2.45, 2.75) is 19.6 Å². The summed E-state index contributed by atoms with van der Waals surface area (Å²) in [6.07, 6.45) is 0.118. The quantitative estimate of drug-likeness (QED) is 0.841. The van der Waals surface area contributed by atoms with E-state index in [-0.39, 0.29) is 11.9 Å². The van der Waals surface area contributed by atoms with Crippen molar-refractivity contribution < 1.29 is 9.13 Å². The Labute approximate surface area is 94.4 Å². The van der Waals surface area contributed by atoms with Crippen molar-refractivity contribution >= 4 is 11.6 Å². The molecule has 1 atom stereocenters. The van der Waals surface area contributed by atoms with Crippen LogP contribution in [0.4, 0.5) is 4.39 Å². The molecule has 1 unspecified atom stereocenters. The van der Waals surface area contributed by atoms with Crippen LogP contribution in [0.2, 0.25) is 5.02 Å². The smallest absolute Gasteiger partial charge is 0.127 e. The van der Waals surface area contributed by atoms with Crippen molar-refractivity contribution in [1.82, 2.24) is 5.32 Å². The van der Waals surface area contributed by atoms with E-state index in [1.807, 2.05) is 6.92 Å². The molecule has 0 saturated carbocycles. The molecule has 0 amide bonds. The van der Waals surface area contributed by atoms with Gasteiger partial charge in [-0.3, -0.25) is 0 Å². The third-order valence-corrected chi connectivity index (χ3v) is 2.39. The Hall–Kier alpha value is -0.640. The minimum atomic E-state index is -0.239. The molecule has 0 spiro atoms. The van der Waals surface area contributed by atoms with Crippen LogP contribution in [0.25, 0.3) is 0 Å². The first-order valence-electron chi connectivity index (χ1n) is 4.81. The molecule has 0 aliphatic carbocycles. The molecule has 0 radical (unpaired) electrons. The highest BCUT2D eigenvalue weighted by Gasteiger charge is 2.03. The Morgan fingerprint density at radius 2 is 2.27 bits per heavy atom. The molecule has 84 valence electrons. The molecule has 4 heteroatoms. The third-order valence-electron chi connectivity index (χ3n) is 2.16. The van der Waals surface area contributed by atoms with Crippen molar-refractivity contribution in [2.75, 3.05) is 13.7 Å². The van der Waals surface area contributed by atoms with E-state index < -0.39 is 0 Å². The van der Waals surface area contributed by atoms with Gasteiger partial charge in [0.2, 0.25) is 0 Å². The molecule has 2 nitrogen and oxygen atoms in total. The first-order valence-corrected chi connectivity index (χ1v) is 5.18. The summed E-state index contributed by atoms with van der Waals surface area (Å²) in [7, 11) is 1.65. The van der Waals surface area contributed by atoms with Crippen molar-refractivity contribution in [1.29, 1.82) is 0 Å². The highest BCUT2D eigenvalue weighted by molar-refractivity contribution is 6.30. The van der Waals surface area contributed by atoms with Crippen molar-refractivity contribution in [3.63, 3.8) is 0 Å². The van der Waals surface area contributed by atoms with Gasteiger partial charge < -0.3 is 10.1 Å². The number of rotatable bonds is 5. The molecule has 0 saturated heterocycles. The largest absolute Gasteiger partial charge is 0.380 e. The van der Waals surface area contributed by atoms with Crippen LogP contribution in [0.5, 0.6) is 0 Å². The average molecular weight is 232 g/mol. The van der Waals surface area contributed by atoms with Gasteiger partial charge in [-0.15, -0.1) is 0 Å². The summed E-state index contributed by atoms with van der Waals surface area (Å²) in [5.41, 5.74) is 0.575. The average Bonchev–Trinajstić information content (AvgIpc) is 2.23. The molecule has 0 heterocycles. The summed E-state index contributed by atoms with van der Waals surface area (Å²) < 4.78 is 18.3. The van der Waals surface area contributed by atoms with Gasteiger partial charge in [0, 0.05) is 30.8 Å². The van der Waals surface area contributed by atoms with Crippen LogP contribution in [0.3, 0.4) is 0 Å². The van der Waals surface area contributed by atoms with E-state index in [1.54, 1.807) is 13.2 Å². The Kier molecular flexibility index (Phi) is 5.02. The maximum absolute atomic E-state index is 13.2. The van der Waals surface area contributed by atoms with Crippen LogP contribution >= 0.6 is 11.6 Å². The fourth-order valence-electron chi connectivity index (χ4n) is 1.17. The van der Waals surface area contributed by atoms with Crippen LogP contribution in [0.15, 0.2) is 18.2 Å². The number of benzene rings is 1. The zero-order chi connectivity index (χ0) is 11.3. The summed E-state index contributed by atoms with van der Waals surface area (Å²) >= 11 is 5.77. The van der Waals surface area contributed by atoms with E-state index in [9.17, 15) is 4.39 Å². The van der Waals surface area contributed by atoms with Gasteiger partial charge in [-0.2, -0.15) is 0 Å². The molecule has 0 aromatic heterocycles. The minimum Gasteiger partial charge on any atom is -0.380 e. The van der Waals surface area contributed by atoms with E-state index in [0.29, 0.717) is 23.7 Å². The summed E-state index contributed by atoms with van der Waals surface area (Å²) in [6.45, 7) is 3.09. The lowest BCUT2D eigenvalue weighted by atomic mass is 10.2. The predicted octanol–water partition coefficient (Wildman–Crippen LogP) is 2.60. The highest BCUT2D eigenvalue weighted by Crippen LogP contribution is 2.14. The second kappa shape index (κ2) is 6.05. The maximum Gasteiger partial charge on any atom is 0.127 e. The molecule has 0 aliphatic rings. The third kappa shape index (κ3) is 4.16. The molecular formula is C11H15ClFNO. The van der Waals surface area contributed by atoms with Gasteiger partial charge in [0.15, 0.2) is 0 Å². The Morgan fingerprint density at radius 1 is 1.53 bits per heavy atom. The zero-order valence-electron chi connectivity index (χ0n) is 8.89. The van der Waals surface area contributed by atoms with E-state index >= 15 is 0 Å². The SMILES string of the molecule is COC(C)CNCc1cc(Cl)ccc1F. The van der Waals surface area contributed by atoms with E-state index in [0.717, 1.165) is 0 Å². The molecule has 1 aromatic carbocycles. The lowest BCUT2D eigenvalue weighted by molar-refractivity contribution is 0.117. The Balaban J connectivity index is 2.46. The summed E-state index contributed by atoms with van der Waals surface area (Å²) in [4.78, 5) is 0. The monoisotopic (exact) mass is 231 g/mol. The lowest BCUT2D eigenvalue weighted by Crippen LogP contribution is -2.25. The van der Waals surface area contributed by atoms with Crippen LogP contribution in [-0.4, -0.2) is 19.8 Å². The van der Waals surface area contributed by atoms with Gasteiger partial charge in [0.25, 0.3) is 0 Å². The van der Waals surface area contributed by atoms with E-state index in [1.165, 1.54) is 12.1 Å². The first-order chi connectivity index (χ1) is 7.13. The predicted molar refractivity (Wildman–Crippen MR) is 59.6 cm³/mol. The van der Waals surface area contributed by atoms with Crippen LogP contribution in [-0.2, 0) is 11.3 Å². The van der Waals surface area contributed by atoms with Crippen LogP contribution in [0.1, 0.15) is 12.5 Å². The van der Waals surface area contributed by atoms with Crippen molar-refractivity contribution in [2.24, 2.45) is 0 Å². The maximum atomic E-state index is 13.2. The van der Waals surface area contributed by atoms with Crippen LogP contribution in [0, 0.1) is 5.82 Å². The van der Waals surface area contributed by atoms with Gasteiger partial charge in [-0.1, -0.05) is 11.6 Å². The lowest BCUT2D eigenvalue weighted by Gasteiger charge is -2.11. The van der Waals surface area contributed by atoms with Gasteiger partial charge in [-0.25, -0.2) is 4.39 Å². The first kappa shape index (κ1) is 12.4. The van der Waals surface area contributed by atoms with Gasteiger partial charge in [-0.05, 0) is 25.1 Å². The minimum absolute atomic E-state index is 0.118.